The number of hydrogen-bond acceptors (Lipinski definition) is 7. The molecule has 0 saturated carbocycles. The van der Waals surface area contributed by atoms with E-state index in [4.69, 9.17) is 11.6 Å². The zero-order chi connectivity index (χ0) is 24.4. The van der Waals surface area contributed by atoms with E-state index in [1.807, 2.05) is 56.3 Å². The van der Waals surface area contributed by atoms with Gasteiger partial charge in [-0.1, -0.05) is 23.7 Å². The Bertz CT molecular complexity index is 1340. The van der Waals surface area contributed by atoms with Gasteiger partial charge in [-0.2, -0.15) is 5.10 Å². The smallest absolute Gasteiger partial charge is 0.230 e. The third kappa shape index (κ3) is 5.14. The molecule has 1 amide bonds. The third-order valence-electron chi connectivity index (χ3n) is 6.04. The Labute approximate surface area is 208 Å². The summed E-state index contributed by atoms with van der Waals surface area (Å²) in [4.78, 5) is 23.7. The molecule has 0 radical (unpaired) electrons. The van der Waals surface area contributed by atoms with E-state index >= 15 is 0 Å². The number of carbonyl (C=O) groups is 1. The Morgan fingerprint density at radius 3 is 2.57 bits per heavy atom. The average Bonchev–Trinajstić information content (AvgIpc) is 3.22. The van der Waals surface area contributed by atoms with Gasteiger partial charge in [-0.05, 0) is 57.0 Å². The molecule has 1 atom stereocenters. The van der Waals surface area contributed by atoms with Crippen molar-refractivity contribution >= 4 is 29.1 Å². The van der Waals surface area contributed by atoms with Crippen molar-refractivity contribution < 1.29 is 4.79 Å². The van der Waals surface area contributed by atoms with Crippen molar-refractivity contribution in [3.8, 4) is 17.1 Å². The highest BCUT2D eigenvalue weighted by molar-refractivity contribution is 6.30. The summed E-state index contributed by atoms with van der Waals surface area (Å²) in [7, 11) is 0. The van der Waals surface area contributed by atoms with Crippen LogP contribution in [-0.4, -0.2) is 48.9 Å². The maximum atomic E-state index is 13.1. The molecule has 4 heterocycles. The second-order valence-electron chi connectivity index (χ2n) is 8.66. The number of aryl methyl sites for hydroxylation is 2. The number of rotatable bonds is 5. The van der Waals surface area contributed by atoms with Gasteiger partial charge in [-0.3, -0.25) is 4.79 Å². The largest absolute Gasteiger partial charge is 0.354 e. The molecular weight excluding hydrogens is 464 g/mol. The number of nitrogens with one attached hydrogen (secondary N) is 1. The molecule has 1 aliphatic rings. The van der Waals surface area contributed by atoms with Crippen molar-refractivity contribution in [2.45, 2.75) is 26.7 Å². The second kappa shape index (κ2) is 9.79. The molecule has 9 nitrogen and oxygen atoms in total. The van der Waals surface area contributed by atoms with Crippen molar-refractivity contribution in [2.24, 2.45) is 5.92 Å². The highest BCUT2D eigenvalue weighted by Crippen LogP contribution is 2.25. The minimum absolute atomic E-state index is 0.0709. The predicted molar refractivity (Wildman–Crippen MR) is 135 cm³/mol. The Balaban J connectivity index is 1.25. The van der Waals surface area contributed by atoms with E-state index in [-0.39, 0.29) is 11.8 Å². The van der Waals surface area contributed by atoms with Gasteiger partial charge in [0.2, 0.25) is 5.91 Å². The first kappa shape index (κ1) is 22.9. The average molecular weight is 489 g/mol. The van der Waals surface area contributed by atoms with Crippen LogP contribution >= 0.6 is 11.6 Å². The molecular formula is C25H25ClN8O. The molecule has 1 saturated heterocycles. The van der Waals surface area contributed by atoms with Crippen molar-refractivity contribution in [3.05, 3.63) is 71.3 Å². The molecule has 178 valence electrons. The third-order valence-corrected chi connectivity index (χ3v) is 6.29. The topological polar surface area (TPSA) is 102 Å². The Morgan fingerprint density at radius 1 is 1.03 bits per heavy atom. The van der Waals surface area contributed by atoms with Crippen LogP contribution in [0, 0.1) is 19.8 Å². The van der Waals surface area contributed by atoms with Crippen LogP contribution in [-0.2, 0) is 4.79 Å². The zero-order valence-corrected chi connectivity index (χ0v) is 20.3. The van der Waals surface area contributed by atoms with Gasteiger partial charge in [0, 0.05) is 35.4 Å². The fourth-order valence-electron chi connectivity index (χ4n) is 4.29. The summed E-state index contributed by atoms with van der Waals surface area (Å²) in [6, 6.07) is 15.1. The summed E-state index contributed by atoms with van der Waals surface area (Å²) >= 11 is 5.97. The number of hydrogen-bond donors (Lipinski definition) is 1. The fraction of sp³-hybridized carbons (Fsp3) is 0.280. The van der Waals surface area contributed by atoms with Crippen LogP contribution in [0.3, 0.4) is 0 Å². The minimum atomic E-state index is -0.186. The quantitative estimate of drug-likeness (QED) is 0.448. The zero-order valence-electron chi connectivity index (χ0n) is 19.5. The molecule has 1 fully saturated rings. The molecule has 5 rings (SSSR count). The van der Waals surface area contributed by atoms with Gasteiger partial charge in [-0.25, -0.2) is 14.6 Å². The molecule has 0 spiro atoms. The Morgan fingerprint density at radius 2 is 1.86 bits per heavy atom. The van der Waals surface area contributed by atoms with Crippen molar-refractivity contribution in [2.75, 3.05) is 23.3 Å². The molecule has 1 unspecified atom stereocenters. The Kier molecular flexibility index (Phi) is 6.41. The number of piperidine rings is 1. The number of anilines is 2. The minimum Gasteiger partial charge on any atom is -0.354 e. The van der Waals surface area contributed by atoms with E-state index in [0.29, 0.717) is 23.2 Å². The van der Waals surface area contributed by atoms with Gasteiger partial charge in [0.05, 0.1) is 17.3 Å². The maximum Gasteiger partial charge on any atom is 0.230 e. The maximum absolute atomic E-state index is 13.1. The first-order valence-corrected chi connectivity index (χ1v) is 11.9. The fourth-order valence-corrected chi connectivity index (χ4v) is 4.41. The standard InChI is InChI=1S/C25H25ClN8O/c1-16-12-17(2)34(32-16)24-13-22(27-15-28-24)29-25(35)19-4-3-11-33(14-19)23-10-9-21(30-31-23)18-5-7-20(26)8-6-18/h5-10,12-13,15,19H,3-4,11,14H2,1-2H3,(H,27,28,29,35). The van der Waals surface area contributed by atoms with Crippen molar-refractivity contribution in [3.63, 3.8) is 0 Å². The lowest BCUT2D eigenvalue weighted by molar-refractivity contribution is -0.120. The number of nitrogens with zero attached hydrogens (tertiary/aromatic N) is 7. The van der Waals surface area contributed by atoms with E-state index in [2.05, 4.69) is 35.5 Å². The summed E-state index contributed by atoms with van der Waals surface area (Å²) in [6.45, 7) is 5.28. The van der Waals surface area contributed by atoms with Gasteiger partial charge in [-0.15, -0.1) is 10.2 Å². The predicted octanol–water partition coefficient (Wildman–Crippen LogP) is 4.24. The number of halogens is 1. The van der Waals surface area contributed by atoms with Crippen molar-refractivity contribution in [1.82, 2.24) is 29.9 Å². The van der Waals surface area contributed by atoms with E-state index in [9.17, 15) is 4.79 Å². The van der Waals surface area contributed by atoms with Crippen LogP contribution in [0.1, 0.15) is 24.2 Å². The highest BCUT2D eigenvalue weighted by atomic mass is 35.5. The monoisotopic (exact) mass is 488 g/mol. The van der Waals surface area contributed by atoms with Gasteiger partial charge in [0.25, 0.3) is 0 Å². The van der Waals surface area contributed by atoms with Gasteiger partial charge < -0.3 is 10.2 Å². The number of benzene rings is 1. The van der Waals surface area contributed by atoms with E-state index < -0.39 is 0 Å². The summed E-state index contributed by atoms with van der Waals surface area (Å²) < 4.78 is 1.74. The van der Waals surface area contributed by atoms with Crippen LogP contribution < -0.4 is 10.2 Å². The normalized spacial score (nSPS) is 15.7. The van der Waals surface area contributed by atoms with Crippen LogP contribution in [0.25, 0.3) is 17.1 Å². The molecule has 1 aromatic carbocycles. The van der Waals surface area contributed by atoms with Crippen LogP contribution in [0.2, 0.25) is 5.02 Å². The van der Waals surface area contributed by atoms with E-state index in [1.54, 1.807) is 10.7 Å². The molecule has 0 bridgehead atoms. The molecule has 4 aromatic rings. The van der Waals surface area contributed by atoms with Gasteiger partial charge >= 0.3 is 0 Å². The second-order valence-corrected chi connectivity index (χ2v) is 9.09. The lowest BCUT2D eigenvalue weighted by Gasteiger charge is -2.32. The lowest BCUT2D eigenvalue weighted by Crippen LogP contribution is -2.41. The molecule has 1 N–H and O–H groups in total. The highest BCUT2D eigenvalue weighted by Gasteiger charge is 2.27. The van der Waals surface area contributed by atoms with E-state index in [0.717, 1.165) is 47.8 Å². The number of carbonyl (C=O) groups excluding carboxylic acids is 1. The lowest BCUT2D eigenvalue weighted by atomic mass is 9.97. The first-order chi connectivity index (χ1) is 17.0. The van der Waals surface area contributed by atoms with Crippen LogP contribution in [0.5, 0.6) is 0 Å². The van der Waals surface area contributed by atoms with Crippen LogP contribution in [0.4, 0.5) is 11.6 Å². The van der Waals surface area contributed by atoms with Crippen molar-refractivity contribution in [1.29, 1.82) is 0 Å². The molecule has 1 aliphatic heterocycles. The first-order valence-electron chi connectivity index (χ1n) is 11.5. The van der Waals surface area contributed by atoms with Gasteiger partial charge in [0.1, 0.15) is 12.1 Å². The SMILES string of the molecule is Cc1cc(C)n(-c2cc(NC(=O)C3CCCN(c4ccc(-c5ccc(Cl)cc5)nn4)C3)ncn2)n1. The summed E-state index contributed by atoms with van der Waals surface area (Å²) in [5.41, 5.74) is 3.59. The number of amides is 1. The summed E-state index contributed by atoms with van der Waals surface area (Å²) in [5, 5.41) is 16.9. The summed E-state index contributed by atoms with van der Waals surface area (Å²) in [5.74, 6) is 1.57. The molecule has 35 heavy (non-hydrogen) atoms. The summed E-state index contributed by atoms with van der Waals surface area (Å²) in [6.07, 6.45) is 3.12. The molecule has 0 aliphatic carbocycles. The van der Waals surface area contributed by atoms with Gasteiger partial charge in [0.15, 0.2) is 11.6 Å². The number of aromatic nitrogens is 6. The molecule has 10 heteroatoms. The van der Waals surface area contributed by atoms with Crippen LogP contribution in [0.15, 0.2) is 54.9 Å². The molecule has 3 aromatic heterocycles. The van der Waals surface area contributed by atoms with E-state index in [1.165, 1.54) is 6.33 Å². The Hall–Kier alpha value is -3.85.